The van der Waals surface area contributed by atoms with Crippen LogP contribution in [0, 0.1) is 5.82 Å². The van der Waals surface area contributed by atoms with E-state index in [9.17, 15) is 14.0 Å². The Hall–Kier alpha value is -2.11. The van der Waals surface area contributed by atoms with Gasteiger partial charge in [-0.1, -0.05) is 35.3 Å². The van der Waals surface area contributed by atoms with Crippen LogP contribution >= 0.6 is 23.2 Å². The molecule has 126 valence electrons. The Morgan fingerprint density at radius 1 is 1.17 bits per heavy atom. The molecule has 2 aromatic carbocycles. The van der Waals surface area contributed by atoms with Crippen molar-refractivity contribution in [1.82, 2.24) is 4.90 Å². The molecule has 0 fully saturated rings. The molecule has 1 N–H and O–H groups in total. The minimum absolute atomic E-state index is 0.0553. The minimum Gasteiger partial charge on any atom is -0.336 e. The molecule has 0 aliphatic heterocycles. The summed E-state index contributed by atoms with van der Waals surface area (Å²) in [4.78, 5) is 25.4. The maximum Gasteiger partial charge on any atom is 0.243 e. The smallest absolute Gasteiger partial charge is 0.243 e. The summed E-state index contributed by atoms with van der Waals surface area (Å²) < 4.78 is 13.1. The van der Waals surface area contributed by atoms with Gasteiger partial charge in [-0.15, -0.1) is 0 Å². The Labute approximate surface area is 149 Å². The van der Waals surface area contributed by atoms with Crippen LogP contribution in [-0.2, 0) is 16.0 Å². The third-order valence-corrected chi connectivity index (χ3v) is 3.86. The summed E-state index contributed by atoms with van der Waals surface area (Å²) in [6.07, 6.45) is 0.0553. The molecule has 0 unspecified atom stereocenters. The lowest BCUT2D eigenvalue weighted by Gasteiger charge is -2.17. The van der Waals surface area contributed by atoms with Crippen LogP contribution in [0.25, 0.3) is 0 Å². The zero-order valence-corrected chi connectivity index (χ0v) is 14.4. The summed E-state index contributed by atoms with van der Waals surface area (Å²) in [5.41, 5.74) is 0.963. The van der Waals surface area contributed by atoms with Crippen molar-refractivity contribution < 1.29 is 14.0 Å². The summed E-state index contributed by atoms with van der Waals surface area (Å²) in [5.74, 6) is -1.14. The number of benzene rings is 2. The second-order valence-corrected chi connectivity index (χ2v) is 6.06. The molecule has 0 aliphatic rings. The first-order valence-electron chi connectivity index (χ1n) is 7.08. The maximum absolute atomic E-state index is 13.1. The highest BCUT2D eigenvalue weighted by Gasteiger charge is 2.15. The molecule has 2 rings (SSSR count). The fraction of sp³-hybridized carbons (Fsp3) is 0.176. The lowest BCUT2D eigenvalue weighted by atomic mass is 10.1. The predicted octanol–water partition coefficient (Wildman–Crippen LogP) is 3.77. The van der Waals surface area contributed by atoms with Crippen LogP contribution in [0.3, 0.4) is 0 Å². The van der Waals surface area contributed by atoms with Crippen LogP contribution in [-0.4, -0.2) is 30.3 Å². The van der Waals surface area contributed by atoms with Gasteiger partial charge in [0.2, 0.25) is 11.8 Å². The zero-order chi connectivity index (χ0) is 17.7. The largest absolute Gasteiger partial charge is 0.336 e. The maximum atomic E-state index is 13.1. The van der Waals surface area contributed by atoms with Gasteiger partial charge in [0.1, 0.15) is 5.82 Å². The van der Waals surface area contributed by atoms with Crippen LogP contribution in [0.5, 0.6) is 0 Å². The third kappa shape index (κ3) is 5.22. The molecular formula is C17H15Cl2FN2O2. The molecule has 4 nitrogen and oxygen atoms in total. The van der Waals surface area contributed by atoms with Gasteiger partial charge in [-0.3, -0.25) is 9.59 Å². The number of anilines is 1. The van der Waals surface area contributed by atoms with Crippen LogP contribution in [0.15, 0.2) is 42.5 Å². The molecule has 0 heterocycles. The third-order valence-electron chi connectivity index (χ3n) is 3.27. The van der Waals surface area contributed by atoms with Gasteiger partial charge in [0.25, 0.3) is 0 Å². The van der Waals surface area contributed by atoms with Crippen molar-refractivity contribution in [3.8, 4) is 0 Å². The highest BCUT2D eigenvalue weighted by molar-refractivity contribution is 6.35. The molecule has 0 aliphatic carbocycles. The van der Waals surface area contributed by atoms with E-state index < -0.39 is 11.7 Å². The molecular weight excluding hydrogens is 354 g/mol. The Balaban J connectivity index is 1.92. The first kappa shape index (κ1) is 18.2. The van der Waals surface area contributed by atoms with Gasteiger partial charge in [0.05, 0.1) is 13.0 Å². The molecule has 0 aromatic heterocycles. The number of nitrogens with zero attached hydrogens (tertiary/aromatic N) is 1. The second kappa shape index (κ2) is 8.13. The van der Waals surface area contributed by atoms with Crippen molar-refractivity contribution in [3.05, 3.63) is 63.9 Å². The molecule has 24 heavy (non-hydrogen) atoms. The number of likely N-dealkylation sites (N-methyl/N-ethyl adjacent to an activating group) is 1. The molecule has 7 heteroatoms. The van der Waals surface area contributed by atoms with Gasteiger partial charge in [-0.05, 0) is 35.9 Å². The number of nitrogens with one attached hydrogen (secondary N) is 1. The molecule has 0 bridgehead atoms. The standard InChI is InChI=1S/C17H15Cl2FN2O2/c1-22(10-16(23)21-14-4-2-3-13(20)9-14)17(24)7-11-5-6-12(18)8-15(11)19/h2-6,8-9H,7,10H2,1H3,(H,21,23). The summed E-state index contributed by atoms with van der Waals surface area (Å²) in [7, 11) is 1.51. The van der Waals surface area contributed by atoms with E-state index in [1.54, 1.807) is 24.3 Å². The number of amides is 2. The second-order valence-electron chi connectivity index (χ2n) is 5.22. The van der Waals surface area contributed by atoms with Crippen molar-refractivity contribution in [2.45, 2.75) is 6.42 Å². The number of hydrogen-bond donors (Lipinski definition) is 1. The Bertz CT molecular complexity index is 768. The average molecular weight is 369 g/mol. The average Bonchev–Trinajstić information content (AvgIpc) is 2.49. The molecule has 0 radical (unpaired) electrons. The van der Waals surface area contributed by atoms with Crippen molar-refractivity contribution in [1.29, 1.82) is 0 Å². The Morgan fingerprint density at radius 2 is 1.92 bits per heavy atom. The van der Waals surface area contributed by atoms with Crippen LogP contribution in [0.2, 0.25) is 10.0 Å². The molecule has 2 amide bonds. The topological polar surface area (TPSA) is 49.4 Å². The van der Waals surface area contributed by atoms with E-state index in [1.165, 1.54) is 30.1 Å². The van der Waals surface area contributed by atoms with Crippen LogP contribution in [0.1, 0.15) is 5.56 Å². The van der Waals surface area contributed by atoms with Gasteiger partial charge in [0.15, 0.2) is 0 Å². The van der Waals surface area contributed by atoms with Gasteiger partial charge in [0, 0.05) is 22.8 Å². The van der Waals surface area contributed by atoms with Crippen molar-refractivity contribution >= 4 is 40.7 Å². The van der Waals surface area contributed by atoms with Gasteiger partial charge in [-0.25, -0.2) is 4.39 Å². The van der Waals surface area contributed by atoms with Gasteiger partial charge >= 0.3 is 0 Å². The minimum atomic E-state index is -0.449. The molecule has 2 aromatic rings. The summed E-state index contributed by atoms with van der Waals surface area (Å²) in [6.45, 7) is -0.152. The normalized spacial score (nSPS) is 10.3. The molecule has 0 saturated heterocycles. The molecule has 0 saturated carbocycles. The number of carbonyl (C=O) groups excluding carboxylic acids is 2. The first-order valence-corrected chi connectivity index (χ1v) is 7.84. The summed E-state index contributed by atoms with van der Waals surface area (Å²) in [5, 5.41) is 3.42. The van der Waals surface area contributed by atoms with E-state index in [1.807, 2.05) is 0 Å². The fourth-order valence-corrected chi connectivity index (χ4v) is 2.51. The monoisotopic (exact) mass is 368 g/mol. The number of halogens is 3. The quantitative estimate of drug-likeness (QED) is 0.872. The lowest BCUT2D eigenvalue weighted by Crippen LogP contribution is -2.35. The highest BCUT2D eigenvalue weighted by atomic mass is 35.5. The van der Waals surface area contributed by atoms with E-state index in [4.69, 9.17) is 23.2 Å². The highest BCUT2D eigenvalue weighted by Crippen LogP contribution is 2.21. The predicted molar refractivity (Wildman–Crippen MR) is 92.8 cm³/mol. The van der Waals surface area contributed by atoms with Crippen LogP contribution < -0.4 is 5.32 Å². The zero-order valence-electron chi connectivity index (χ0n) is 12.9. The number of carbonyl (C=O) groups is 2. The van der Waals surface area contributed by atoms with Gasteiger partial charge in [-0.2, -0.15) is 0 Å². The van der Waals surface area contributed by atoms with Crippen molar-refractivity contribution in [2.75, 3.05) is 18.9 Å². The summed E-state index contributed by atoms with van der Waals surface area (Å²) >= 11 is 11.8. The Kier molecular flexibility index (Phi) is 6.17. The molecule has 0 spiro atoms. The SMILES string of the molecule is CN(CC(=O)Nc1cccc(F)c1)C(=O)Cc1ccc(Cl)cc1Cl. The van der Waals surface area contributed by atoms with E-state index in [0.29, 0.717) is 21.3 Å². The first-order chi connectivity index (χ1) is 11.3. The van der Waals surface area contributed by atoms with Gasteiger partial charge < -0.3 is 10.2 Å². The van der Waals surface area contributed by atoms with Crippen molar-refractivity contribution in [2.24, 2.45) is 0 Å². The Morgan fingerprint density at radius 3 is 2.58 bits per heavy atom. The van der Waals surface area contributed by atoms with E-state index in [2.05, 4.69) is 5.32 Å². The van der Waals surface area contributed by atoms with Crippen LogP contribution in [0.4, 0.5) is 10.1 Å². The van der Waals surface area contributed by atoms with Crippen molar-refractivity contribution in [3.63, 3.8) is 0 Å². The fourth-order valence-electron chi connectivity index (χ4n) is 2.03. The van der Waals surface area contributed by atoms with E-state index in [-0.39, 0.29) is 18.9 Å². The number of hydrogen-bond acceptors (Lipinski definition) is 2. The van der Waals surface area contributed by atoms with E-state index in [0.717, 1.165) is 0 Å². The number of rotatable bonds is 5. The molecule has 0 atom stereocenters. The van der Waals surface area contributed by atoms with E-state index >= 15 is 0 Å². The summed E-state index contributed by atoms with van der Waals surface area (Å²) in [6, 6.07) is 10.4. The lowest BCUT2D eigenvalue weighted by molar-refractivity contribution is -0.132.